The maximum absolute atomic E-state index is 10.9. The van der Waals surface area contributed by atoms with Crippen molar-refractivity contribution in [1.29, 1.82) is 0 Å². The van der Waals surface area contributed by atoms with E-state index >= 15 is 0 Å². The summed E-state index contributed by atoms with van der Waals surface area (Å²) in [5.74, 6) is -2.78. The van der Waals surface area contributed by atoms with Crippen LogP contribution in [0, 0.1) is 0 Å². The van der Waals surface area contributed by atoms with Crippen LogP contribution < -0.4 is 0 Å². The fourth-order valence-electron chi connectivity index (χ4n) is 1.45. The van der Waals surface area contributed by atoms with Gasteiger partial charge >= 0.3 is 15.2 Å². The van der Waals surface area contributed by atoms with E-state index in [0.29, 0.717) is 12.8 Å². The van der Waals surface area contributed by atoms with Crippen molar-refractivity contribution in [2.24, 2.45) is 0 Å². The minimum atomic E-state index is -4.44. The van der Waals surface area contributed by atoms with E-state index in [0.717, 1.165) is 0 Å². The summed E-state index contributed by atoms with van der Waals surface area (Å²) in [4.78, 5) is 35.5. The minimum absolute atomic E-state index is 0.126. The van der Waals surface area contributed by atoms with Crippen molar-refractivity contribution in [3.8, 4) is 0 Å². The fourth-order valence-corrected chi connectivity index (χ4v) is 3.20. The molecule has 1 rings (SSSR count). The Morgan fingerprint density at radius 1 is 0.867 bits per heavy atom. The van der Waals surface area contributed by atoms with E-state index in [1.165, 1.54) is 0 Å². The van der Waals surface area contributed by atoms with Crippen LogP contribution in [0.3, 0.4) is 0 Å². The first-order valence-corrected chi connectivity index (χ1v) is 7.83. The van der Waals surface area contributed by atoms with Crippen molar-refractivity contribution in [1.82, 2.24) is 0 Å². The maximum Gasteiger partial charge on any atom is 0.354 e. The maximum atomic E-state index is 10.9. The summed E-state index contributed by atoms with van der Waals surface area (Å²) < 4.78 is 26.7. The third-order valence-electron chi connectivity index (χ3n) is 2.22. The second-order valence-corrected chi connectivity index (χ2v) is 7.02. The lowest BCUT2D eigenvalue weighted by molar-refractivity contribution is 0.0510. The van der Waals surface area contributed by atoms with Crippen LogP contribution in [0.25, 0.3) is 0 Å². The van der Waals surface area contributed by atoms with Gasteiger partial charge in [0, 0.05) is 0 Å². The predicted molar refractivity (Wildman–Crippen MR) is 51.2 cm³/mol. The Hall–Kier alpha value is 0.260. The molecule has 0 aliphatic carbocycles. The zero-order valence-corrected chi connectivity index (χ0v) is 9.68. The molecule has 1 saturated heterocycles. The van der Waals surface area contributed by atoms with Crippen LogP contribution in [0.1, 0.15) is 25.7 Å². The third kappa shape index (κ3) is 3.96. The van der Waals surface area contributed by atoms with Gasteiger partial charge in [0.2, 0.25) is 0 Å². The van der Waals surface area contributed by atoms with Crippen LogP contribution in [0.15, 0.2) is 0 Å². The predicted octanol–water partition coefficient (Wildman–Crippen LogP) is 0.585. The van der Waals surface area contributed by atoms with Gasteiger partial charge in [-0.05, 0) is 12.8 Å². The summed E-state index contributed by atoms with van der Waals surface area (Å²) in [6.45, 7) is 0. The molecule has 1 heterocycles. The second kappa shape index (κ2) is 4.63. The van der Waals surface area contributed by atoms with Crippen LogP contribution in [0.2, 0.25) is 0 Å². The van der Waals surface area contributed by atoms with Gasteiger partial charge in [0.15, 0.2) is 11.7 Å². The van der Waals surface area contributed by atoms with Gasteiger partial charge in [-0.1, -0.05) is 12.8 Å². The summed E-state index contributed by atoms with van der Waals surface area (Å²) in [6, 6.07) is 0. The van der Waals surface area contributed by atoms with Crippen LogP contribution in [0.5, 0.6) is 0 Å². The molecule has 2 atom stereocenters. The molecule has 1 fully saturated rings. The Morgan fingerprint density at radius 2 is 1.20 bits per heavy atom. The van der Waals surface area contributed by atoms with E-state index in [2.05, 4.69) is 0 Å². The molecule has 0 aromatic carbocycles. The van der Waals surface area contributed by atoms with E-state index in [9.17, 15) is 9.13 Å². The molecular weight excluding hydrogens is 246 g/mol. The molecule has 0 radical (unpaired) electrons. The molecule has 0 bridgehead atoms. The van der Waals surface area contributed by atoms with Gasteiger partial charge in [-0.2, -0.15) is 0 Å². The standard InChI is InChI=1S/C6H14O7P2/c7-14(8,9)5-3-1-2-4-6(13-5)15(10,11)12/h5-6H,1-4H2,(H2,7,8,9)(H2,10,11,12). The molecule has 4 N–H and O–H groups in total. The van der Waals surface area contributed by atoms with Crippen LogP contribution in [0.4, 0.5) is 0 Å². The average Bonchev–Trinajstić information content (AvgIpc) is 2.24. The quantitative estimate of drug-likeness (QED) is 0.535. The van der Waals surface area contributed by atoms with Gasteiger partial charge < -0.3 is 24.3 Å². The molecule has 90 valence electrons. The van der Waals surface area contributed by atoms with Gasteiger partial charge in [0.1, 0.15) is 0 Å². The van der Waals surface area contributed by atoms with Gasteiger partial charge in [-0.25, -0.2) is 0 Å². The number of hydrogen-bond donors (Lipinski definition) is 4. The summed E-state index contributed by atoms with van der Waals surface area (Å²) in [5.41, 5.74) is 0. The van der Waals surface area contributed by atoms with E-state index in [1.54, 1.807) is 0 Å². The molecule has 15 heavy (non-hydrogen) atoms. The molecule has 1 aliphatic rings. The van der Waals surface area contributed by atoms with Crippen molar-refractivity contribution in [3.05, 3.63) is 0 Å². The highest BCUT2D eigenvalue weighted by molar-refractivity contribution is 7.53. The SMILES string of the molecule is O=P(O)(O)C1CCCCC(P(=O)(O)O)O1. The molecule has 0 aromatic heterocycles. The minimum Gasteiger partial charge on any atom is -0.350 e. The molecule has 0 spiro atoms. The first kappa shape index (κ1) is 13.3. The number of hydrogen-bond acceptors (Lipinski definition) is 3. The molecule has 2 unspecified atom stereocenters. The Kier molecular flexibility index (Phi) is 4.12. The van der Waals surface area contributed by atoms with Crippen molar-refractivity contribution < 1.29 is 33.4 Å². The summed E-state index contributed by atoms with van der Waals surface area (Å²) in [5, 5.41) is 0. The van der Waals surface area contributed by atoms with Crippen LogP contribution in [-0.4, -0.2) is 31.3 Å². The lowest BCUT2D eigenvalue weighted by Crippen LogP contribution is -2.20. The first-order valence-electron chi connectivity index (χ1n) is 4.47. The highest BCUT2D eigenvalue weighted by Crippen LogP contribution is 2.52. The second-order valence-electron chi connectivity index (χ2n) is 3.51. The highest BCUT2D eigenvalue weighted by atomic mass is 31.2. The zero-order chi connectivity index (χ0) is 11.7. The van der Waals surface area contributed by atoms with E-state index in [1.807, 2.05) is 0 Å². The van der Waals surface area contributed by atoms with Crippen LogP contribution in [-0.2, 0) is 13.9 Å². The van der Waals surface area contributed by atoms with E-state index in [4.69, 9.17) is 24.3 Å². The van der Waals surface area contributed by atoms with E-state index in [-0.39, 0.29) is 12.8 Å². The molecule has 0 amide bonds. The van der Waals surface area contributed by atoms with E-state index < -0.39 is 26.9 Å². The highest BCUT2D eigenvalue weighted by Gasteiger charge is 2.39. The largest absolute Gasteiger partial charge is 0.354 e. The molecule has 0 saturated carbocycles. The molecule has 0 aromatic rings. The number of rotatable bonds is 2. The van der Waals surface area contributed by atoms with Gasteiger partial charge in [-0.15, -0.1) is 0 Å². The summed E-state index contributed by atoms with van der Waals surface area (Å²) >= 11 is 0. The monoisotopic (exact) mass is 260 g/mol. The molecule has 1 aliphatic heterocycles. The van der Waals surface area contributed by atoms with Gasteiger partial charge in [0.25, 0.3) is 0 Å². The Balaban J connectivity index is 2.79. The zero-order valence-electron chi connectivity index (χ0n) is 7.89. The van der Waals surface area contributed by atoms with Gasteiger partial charge in [0.05, 0.1) is 0 Å². The lowest BCUT2D eigenvalue weighted by atomic mass is 10.2. The Bertz CT molecular complexity index is 275. The van der Waals surface area contributed by atoms with Crippen molar-refractivity contribution in [2.75, 3.05) is 0 Å². The lowest BCUT2D eigenvalue weighted by Gasteiger charge is -2.22. The normalized spacial score (nSPS) is 29.9. The van der Waals surface area contributed by atoms with Crippen molar-refractivity contribution in [3.63, 3.8) is 0 Å². The molecule has 7 nitrogen and oxygen atoms in total. The Labute approximate surface area is 86.8 Å². The summed E-state index contributed by atoms with van der Waals surface area (Å²) in [6.07, 6.45) is 1.24. The topological polar surface area (TPSA) is 124 Å². The van der Waals surface area contributed by atoms with Crippen molar-refractivity contribution >= 4 is 15.2 Å². The average molecular weight is 260 g/mol. The Morgan fingerprint density at radius 3 is 1.47 bits per heavy atom. The molecular formula is C6H14O7P2. The fraction of sp³-hybridized carbons (Fsp3) is 1.00. The molecule has 9 heteroatoms. The summed E-state index contributed by atoms with van der Waals surface area (Å²) in [7, 11) is -8.88. The van der Waals surface area contributed by atoms with Crippen LogP contribution >= 0.6 is 15.2 Å². The third-order valence-corrected chi connectivity index (χ3v) is 4.48. The number of ether oxygens (including phenoxy) is 1. The first-order chi connectivity index (χ1) is 6.71. The smallest absolute Gasteiger partial charge is 0.350 e. The van der Waals surface area contributed by atoms with Gasteiger partial charge in [-0.3, -0.25) is 9.13 Å². The van der Waals surface area contributed by atoms with Crippen molar-refractivity contribution in [2.45, 2.75) is 37.4 Å².